The molecule has 0 N–H and O–H groups in total. The molecule has 1 aliphatic heterocycles. The third-order valence-electron chi connectivity index (χ3n) is 4.57. The van der Waals surface area contributed by atoms with Crippen molar-refractivity contribution in [2.45, 2.75) is 12.0 Å². The SMILES string of the molecule is O=C1C(c2ccccc2)C(c2ccc(F)cc2)N1c1ccc(Br)cc1. The van der Waals surface area contributed by atoms with Gasteiger partial charge in [-0.15, -0.1) is 0 Å². The molecule has 0 radical (unpaired) electrons. The van der Waals surface area contributed by atoms with Crippen LogP contribution in [0.5, 0.6) is 0 Å². The standard InChI is InChI=1S/C21H15BrFNO/c22-16-8-12-18(13-9-16)24-20(15-6-10-17(23)11-7-15)19(21(24)25)14-4-2-1-3-5-14/h1-13,19-20H. The van der Waals surface area contributed by atoms with E-state index < -0.39 is 0 Å². The van der Waals surface area contributed by atoms with Gasteiger partial charge in [-0.3, -0.25) is 4.79 Å². The van der Waals surface area contributed by atoms with Crippen LogP contribution in [-0.4, -0.2) is 5.91 Å². The van der Waals surface area contributed by atoms with Crippen LogP contribution in [0.2, 0.25) is 0 Å². The number of carbonyl (C=O) groups excluding carboxylic acids is 1. The lowest BCUT2D eigenvalue weighted by Crippen LogP contribution is -2.53. The van der Waals surface area contributed by atoms with E-state index in [1.165, 1.54) is 12.1 Å². The summed E-state index contributed by atoms with van der Waals surface area (Å²) in [6.07, 6.45) is 0. The summed E-state index contributed by atoms with van der Waals surface area (Å²) in [4.78, 5) is 14.7. The number of nitrogens with zero attached hydrogens (tertiary/aromatic N) is 1. The molecular formula is C21H15BrFNO. The van der Waals surface area contributed by atoms with E-state index in [1.54, 1.807) is 17.0 Å². The molecule has 2 nitrogen and oxygen atoms in total. The first-order chi connectivity index (χ1) is 12.1. The van der Waals surface area contributed by atoms with Gasteiger partial charge in [0.15, 0.2) is 0 Å². The summed E-state index contributed by atoms with van der Waals surface area (Å²) in [6, 6.07) is 23.7. The predicted octanol–water partition coefficient (Wildman–Crippen LogP) is 5.46. The molecule has 4 rings (SSSR count). The molecular weight excluding hydrogens is 381 g/mol. The second kappa shape index (κ2) is 6.45. The summed E-state index contributed by atoms with van der Waals surface area (Å²) in [5.74, 6) is -0.473. The Morgan fingerprint density at radius 3 is 2.08 bits per heavy atom. The number of β-lactam (4-membered cyclic amide) rings is 1. The van der Waals surface area contributed by atoms with Gasteiger partial charge >= 0.3 is 0 Å². The molecule has 2 atom stereocenters. The Morgan fingerprint density at radius 2 is 1.44 bits per heavy atom. The molecule has 1 fully saturated rings. The minimum atomic E-state index is -0.277. The molecule has 2 unspecified atom stereocenters. The Bertz CT molecular complexity index is 893. The molecule has 0 aliphatic carbocycles. The van der Waals surface area contributed by atoms with E-state index >= 15 is 0 Å². The van der Waals surface area contributed by atoms with Crippen molar-refractivity contribution in [2.24, 2.45) is 0 Å². The number of halogens is 2. The van der Waals surface area contributed by atoms with Crippen molar-refractivity contribution >= 4 is 27.5 Å². The van der Waals surface area contributed by atoms with Crippen LogP contribution in [0, 0.1) is 5.82 Å². The average Bonchev–Trinajstić information content (AvgIpc) is 2.63. The first kappa shape index (κ1) is 16.0. The van der Waals surface area contributed by atoms with Gasteiger partial charge in [0, 0.05) is 10.2 Å². The third kappa shape index (κ3) is 2.87. The number of carbonyl (C=O) groups is 1. The Balaban J connectivity index is 1.77. The molecule has 1 saturated heterocycles. The fourth-order valence-corrected chi connectivity index (χ4v) is 3.63. The molecule has 0 aromatic heterocycles. The van der Waals surface area contributed by atoms with E-state index in [0.29, 0.717) is 0 Å². The van der Waals surface area contributed by atoms with Crippen LogP contribution >= 0.6 is 15.9 Å². The van der Waals surface area contributed by atoms with Gasteiger partial charge in [0.2, 0.25) is 5.91 Å². The van der Waals surface area contributed by atoms with Crippen molar-refractivity contribution < 1.29 is 9.18 Å². The lowest BCUT2D eigenvalue weighted by atomic mass is 9.77. The van der Waals surface area contributed by atoms with Crippen molar-refractivity contribution in [3.05, 3.63) is 100 Å². The summed E-state index contributed by atoms with van der Waals surface area (Å²) in [6.45, 7) is 0. The highest BCUT2D eigenvalue weighted by molar-refractivity contribution is 9.10. The van der Waals surface area contributed by atoms with E-state index in [-0.39, 0.29) is 23.7 Å². The highest BCUT2D eigenvalue weighted by Crippen LogP contribution is 2.48. The zero-order valence-electron chi connectivity index (χ0n) is 13.3. The fourth-order valence-electron chi connectivity index (χ4n) is 3.37. The summed E-state index contributed by atoms with van der Waals surface area (Å²) in [5, 5.41) is 0. The largest absolute Gasteiger partial charge is 0.303 e. The van der Waals surface area contributed by atoms with Crippen LogP contribution < -0.4 is 4.90 Å². The lowest BCUT2D eigenvalue weighted by Gasteiger charge is -2.47. The van der Waals surface area contributed by atoms with Crippen LogP contribution in [0.1, 0.15) is 23.1 Å². The second-order valence-corrected chi connectivity index (χ2v) is 6.99. The number of hydrogen-bond donors (Lipinski definition) is 0. The lowest BCUT2D eigenvalue weighted by molar-refractivity contribution is -0.126. The highest BCUT2D eigenvalue weighted by atomic mass is 79.9. The number of benzene rings is 3. The minimum absolute atomic E-state index is 0.0582. The Labute approximate surface area is 154 Å². The van der Waals surface area contributed by atoms with Gasteiger partial charge in [-0.25, -0.2) is 4.39 Å². The van der Waals surface area contributed by atoms with Crippen molar-refractivity contribution in [1.29, 1.82) is 0 Å². The smallest absolute Gasteiger partial charge is 0.237 e. The van der Waals surface area contributed by atoms with Gasteiger partial charge in [-0.1, -0.05) is 58.4 Å². The van der Waals surface area contributed by atoms with Crippen molar-refractivity contribution in [3.8, 4) is 0 Å². The van der Waals surface area contributed by atoms with Crippen LogP contribution in [0.15, 0.2) is 83.3 Å². The molecule has 0 bridgehead atoms. The van der Waals surface area contributed by atoms with E-state index in [4.69, 9.17) is 0 Å². The molecule has 3 aromatic carbocycles. The molecule has 1 heterocycles. The number of hydrogen-bond acceptors (Lipinski definition) is 1. The van der Waals surface area contributed by atoms with Crippen LogP contribution in [0.4, 0.5) is 10.1 Å². The number of anilines is 1. The van der Waals surface area contributed by atoms with Gasteiger partial charge in [-0.05, 0) is 47.5 Å². The average molecular weight is 396 g/mol. The maximum atomic E-state index is 13.3. The minimum Gasteiger partial charge on any atom is -0.303 e. The maximum absolute atomic E-state index is 13.3. The van der Waals surface area contributed by atoms with Crippen LogP contribution in [0.25, 0.3) is 0 Å². The first-order valence-corrected chi connectivity index (χ1v) is 8.83. The number of amides is 1. The zero-order valence-corrected chi connectivity index (χ0v) is 14.9. The monoisotopic (exact) mass is 395 g/mol. The summed E-state index contributed by atoms with van der Waals surface area (Å²) in [5.41, 5.74) is 2.75. The zero-order chi connectivity index (χ0) is 17.4. The third-order valence-corrected chi connectivity index (χ3v) is 5.10. The molecule has 124 valence electrons. The van der Waals surface area contributed by atoms with Gasteiger partial charge in [0.25, 0.3) is 0 Å². The Morgan fingerprint density at radius 1 is 0.800 bits per heavy atom. The number of rotatable bonds is 3. The van der Waals surface area contributed by atoms with Crippen molar-refractivity contribution in [2.75, 3.05) is 4.90 Å². The predicted molar refractivity (Wildman–Crippen MR) is 100.0 cm³/mol. The van der Waals surface area contributed by atoms with Crippen molar-refractivity contribution in [3.63, 3.8) is 0 Å². The van der Waals surface area contributed by atoms with E-state index in [1.807, 2.05) is 54.6 Å². The molecule has 1 aliphatic rings. The van der Waals surface area contributed by atoms with Crippen LogP contribution in [0.3, 0.4) is 0 Å². The summed E-state index contributed by atoms with van der Waals surface area (Å²) < 4.78 is 14.3. The molecule has 4 heteroatoms. The highest BCUT2D eigenvalue weighted by Gasteiger charge is 2.49. The second-order valence-electron chi connectivity index (χ2n) is 6.07. The van der Waals surface area contributed by atoms with E-state index in [2.05, 4.69) is 15.9 Å². The first-order valence-electron chi connectivity index (χ1n) is 8.04. The van der Waals surface area contributed by atoms with Gasteiger partial charge in [0.05, 0.1) is 12.0 Å². The van der Waals surface area contributed by atoms with Crippen LogP contribution in [-0.2, 0) is 4.79 Å². The van der Waals surface area contributed by atoms with E-state index in [9.17, 15) is 9.18 Å². The quantitative estimate of drug-likeness (QED) is 0.539. The maximum Gasteiger partial charge on any atom is 0.237 e. The summed E-state index contributed by atoms with van der Waals surface area (Å²) >= 11 is 3.42. The van der Waals surface area contributed by atoms with E-state index in [0.717, 1.165) is 21.3 Å². The van der Waals surface area contributed by atoms with Gasteiger partial charge in [0.1, 0.15) is 5.82 Å². The Kier molecular flexibility index (Phi) is 4.14. The molecule has 25 heavy (non-hydrogen) atoms. The molecule has 0 spiro atoms. The summed E-state index contributed by atoms with van der Waals surface area (Å²) in [7, 11) is 0. The molecule has 0 saturated carbocycles. The molecule has 1 amide bonds. The normalized spacial score (nSPS) is 19.6. The molecule has 3 aromatic rings. The Hall–Kier alpha value is -2.46. The van der Waals surface area contributed by atoms with Crippen molar-refractivity contribution in [1.82, 2.24) is 0 Å². The topological polar surface area (TPSA) is 20.3 Å². The van der Waals surface area contributed by atoms with Gasteiger partial charge < -0.3 is 4.90 Å². The fraction of sp³-hybridized carbons (Fsp3) is 0.0952. The van der Waals surface area contributed by atoms with Gasteiger partial charge in [-0.2, -0.15) is 0 Å².